The van der Waals surface area contributed by atoms with Gasteiger partial charge in [0.2, 0.25) is 17.8 Å². The summed E-state index contributed by atoms with van der Waals surface area (Å²) in [4.78, 5) is 62.8. The third-order valence-electron chi connectivity index (χ3n) is 13.2. The van der Waals surface area contributed by atoms with Gasteiger partial charge in [-0.05, 0) is 94.5 Å². The number of anilines is 1. The van der Waals surface area contributed by atoms with Crippen LogP contribution in [0.25, 0.3) is 22.1 Å². The Morgan fingerprint density at radius 2 is 1.50 bits per heavy atom. The highest BCUT2D eigenvalue weighted by atomic mass is 32.2. The number of nitrogens with zero attached hydrogens (tertiary/aromatic N) is 8. The third kappa shape index (κ3) is 7.02. The molecule has 1 aromatic carbocycles. The van der Waals surface area contributed by atoms with Gasteiger partial charge in [-0.1, -0.05) is 25.0 Å². The Morgan fingerprint density at radius 3 is 2.21 bits per heavy atom. The van der Waals surface area contributed by atoms with Crippen LogP contribution in [0, 0.1) is 0 Å². The van der Waals surface area contributed by atoms with E-state index in [0.29, 0.717) is 30.0 Å². The molecule has 56 heavy (non-hydrogen) atoms. The topological polar surface area (TPSA) is 160 Å². The molecule has 15 nitrogen and oxygen atoms in total. The minimum absolute atomic E-state index is 0.0000623. The molecule has 7 heterocycles. The van der Waals surface area contributed by atoms with Gasteiger partial charge in [-0.2, -0.15) is 4.98 Å². The lowest BCUT2D eigenvalue weighted by atomic mass is 9.87. The van der Waals surface area contributed by atoms with E-state index in [0.717, 1.165) is 125 Å². The summed E-state index contributed by atoms with van der Waals surface area (Å²) in [6.07, 6.45) is 12.3. The Kier molecular flexibility index (Phi) is 10.4. The molecule has 16 heteroatoms. The Labute approximate surface area is 328 Å². The molecule has 4 aliphatic heterocycles. The van der Waals surface area contributed by atoms with Crippen molar-refractivity contribution in [1.82, 2.24) is 42.5 Å². The highest BCUT2D eigenvalue weighted by molar-refractivity contribution is 7.80. The van der Waals surface area contributed by atoms with E-state index < -0.39 is 23.1 Å². The van der Waals surface area contributed by atoms with Gasteiger partial charge in [-0.3, -0.25) is 33.4 Å². The van der Waals surface area contributed by atoms with Gasteiger partial charge >= 0.3 is 5.69 Å². The van der Waals surface area contributed by atoms with E-state index >= 15 is 0 Å². The zero-order chi connectivity index (χ0) is 38.5. The Bertz CT molecular complexity index is 2270. The smallest absolute Gasteiger partial charge is 0.329 e. The van der Waals surface area contributed by atoms with E-state index in [1.165, 1.54) is 0 Å². The number of imidazole rings is 1. The number of carbonyl (C=O) groups is 2. The van der Waals surface area contributed by atoms with Crippen LogP contribution < -0.4 is 21.9 Å². The molecule has 3 aromatic heterocycles. The van der Waals surface area contributed by atoms with E-state index in [1.807, 2.05) is 29.0 Å². The van der Waals surface area contributed by atoms with Crippen LogP contribution in [0.5, 0.6) is 0 Å². The number of likely N-dealkylation sites (tertiary alicyclic amines) is 1. The minimum Gasteiger partial charge on any atom is -0.351 e. The standard InChI is InChI=1S/C40H52N10O5S/c1-45-36-31(7-4-8-32(36)50(40(45)54)33-10-11-34(51)43-38(33)53)26-13-19-46(20-14-26)29-17-23-48(24-18-29)56(55)47-21-15-28(16-22-47)42-39-41-25-27-9-12-35(52)49(37(27)44-39)30-5-2-3-6-30/h4,7-9,12,25-26,28-30,33H,2-3,5-6,10-11,13-24H2,1H3,(H,41,42,44)(H,43,51,53). The normalized spacial score (nSPS) is 24.0. The monoisotopic (exact) mass is 784 g/mol. The Hall–Kier alpha value is -4.25. The zero-order valence-corrected chi connectivity index (χ0v) is 32.9. The second-order valence-corrected chi connectivity index (χ2v) is 17.9. The molecule has 0 radical (unpaired) electrons. The average molecular weight is 785 g/mol. The summed E-state index contributed by atoms with van der Waals surface area (Å²) in [6, 6.07) is 9.60. The van der Waals surface area contributed by atoms with E-state index in [9.17, 15) is 23.4 Å². The first kappa shape index (κ1) is 37.3. The number of amides is 2. The highest BCUT2D eigenvalue weighted by Gasteiger charge is 2.35. The summed E-state index contributed by atoms with van der Waals surface area (Å²) >= 11 is -1.17. The number of carbonyl (C=O) groups excluding carboxylic acids is 2. The molecule has 1 aliphatic carbocycles. The Morgan fingerprint density at radius 1 is 0.786 bits per heavy atom. The van der Waals surface area contributed by atoms with E-state index in [2.05, 4.69) is 35.2 Å². The van der Waals surface area contributed by atoms with Crippen LogP contribution in [0.3, 0.4) is 0 Å². The van der Waals surface area contributed by atoms with Crippen molar-refractivity contribution in [1.29, 1.82) is 0 Å². The number of hydrogen-bond acceptors (Lipinski definition) is 9. The van der Waals surface area contributed by atoms with Crippen molar-refractivity contribution < 1.29 is 13.8 Å². The van der Waals surface area contributed by atoms with Crippen molar-refractivity contribution in [2.24, 2.45) is 7.05 Å². The number of pyridine rings is 1. The fourth-order valence-electron chi connectivity index (χ4n) is 10.1. The number of benzene rings is 1. The molecule has 4 aromatic rings. The van der Waals surface area contributed by atoms with Crippen LogP contribution in [0.1, 0.15) is 101 Å². The summed E-state index contributed by atoms with van der Waals surface area (Å²) in [7, 11) is 1.78. The molecule has 1 saturated carbocycles. The van der Waals surface area contributed by atoms with Crippen LogP contribution in [-0.2, 0) is 27.8 Å². The molecule has 0 bridgehead atoms. The van der Waals surface area contributed by atoms with Crippen LogP contribution >= 0.6 is 0 Å². The summed E-state index contributed by atoms with van der Waals surface area (Å²) in [6.45, 7) is 5.00. The SMILES string of the molecule is Cn1c(=O)n(C2CCC(=O)NC2=O)c2cccc(C3CCN(C4CCN(S(=O)N5CCC(Nc6ncc7ccc(=O)n(C8CCCC8)c7n6)CC5)CC4)CC3)c21. The number of rotatable bonds is 8. The number of para-hydroxylation sites is 1. The van der Waals surface area contributed by atoms with Gasteiger partial charge in [-0.25, -0.2) is 22.6 Å². The average Bonchev–Trinajstić information content (AvgIpc) is 3.84. The maximum atomic E-state index is 13.7. The number of hydrogen-bond donors (Lipinski definition) is 2. The van der Waals surface area contributed by atoms with Crippen molar-refractivity contribution >= 4 is 51.0 Å². The van der Waals surface area contributed by atoms with E-state index in [-0.39, 0.29) is 35.7 Å². The zero-order valence-electron chi connectivity index (χ0n) is 32.1. The second-order valence-electron chi connectivity index (χ2n) is 16.4. The number of imide groups is 1. The number of aromatic nitrogens is 5. The highest BCUT2D eigenvalue weighted by Crippen LogP contribution is 2.36. The van der Waals surface area contributed by atoms with Gasteiger partial charge in [0.05, 0.1) is 11.0 Å². The Balaban J connectivity index is 0.766. The molecule has 2 atom stereocenters. The van der Waals surface area contributed by atoms with Gasteiger partial charge in [-0.15, -0.1) is 0 Å². The molecule has 298 valence electrons. The fourth-order valence-corrected chi connectivity index (χ4v) is 11.5. The summed E-state index contributed by atoms with van der Waals surface area (Å²) in [5, 5.41) is 6.79. The largest absolute Gasteiger partial charge is 0.351 e. The lowest BCUT2D eigenvalue weighted by Gasteiger charge is -2.42. The quantitative estimate of drug-likeness (QED) is 0.256. The number of fused-ring (bicyclic) bond motifs is 2. The first-order valence-electron chi connectivity index (χ1n) is 20.6. The molecule has 2 amide bonds. The first-order valence-corrected chi connectivity index (χ1v) is 21.6. The second kappa shape index (κ2) is 15.6. The summed E-state index contributed by atoms with van der Waals surface area (Å²) in [5.41, 5.74) is 3.25. The molecular formula is C40H52N10O5S. The maximum Gasteiger partial charge on any atom is 0.329 e. The molecular weight excluding hydrogens is 733 g/mol. The van der Waals surface area contributed by atoms with Gasteiger partial charge < -0.3 is 10.2 Å². The van der Waals surface area contributed by atoms with Crippen LogP contribution in [-0.4, -0.2) is 105 Å². The molecule has 2 unspecified atom stereocenters. The maximum absolute atomic E-state index is 13.7. The molecule has 2 N–H and O–H groups in total. The van der Waals surface area contributed by atoms with Crippen LogP contribution in [0.15, 0.2) is 46.1 Å². The summed E-state index contributed by atoms with van der Waals surface area (Å²) < 4.78 is 23.1. The fraction of sp³-hybridized carbons (Fsp3) is 0.600. The van der Waals surface area contributed by atoms with Crippen molar-refractivity contribution in [2.45, 2.75) is 107 Å². The van der Waals surface area contributed by atoms with Gasteiger partial charge in [0.15, 0.2) is 11.2 Å². The van der Waals surface area contributed by atoms with Crippen molar-refractivity contribution in [3.8, 4) is 0 Å². The van der Waals surface area contributed by atoms with E-state index in [1.54, 1.807) is 22.2 Å². The van der Waals surface area contributed by atoms with Gasteiger partial charge in [0.1, 0.15) is 11.7 Å². The molecule has 9 rings (SSSR count). The minimum atomic E-state index is -1.17. The summed E-state index contributed by atoms with van der Waals surface area (Å²) in [5.74, 6) is 0.142. The lowest BCUT2D eigenvalue weighted by Crippen LogP contribution is -2.51. The van der Waals surface area contributed by atoms with Crippen molar-refractivity contribution in [3.63, 3.8) is 0 Å². The van der Waals surface area contributed by atoms with Crippen molar-refractivity contribution in [3.05, 3.63) is 62.9 Å². The number of nitrogens with one attached hydrogen (secondary N) is 2. The van der Waals surface area contributed by atoms with Crippen LogP contribution in [0.2, 0.25) is 0 Å². The number of piperidine rings is 4. The van der Waals surface area contributed by atoms with Gasteiger partial charge in [0, 0.05) is 75.4 Å². The molecule has 4 saturated heterocycles. The third-order valence-corrected chi connectivity index (χ3v) is 14.8. The molecule has 0 spiro atoms. The van der Waals surface area contributed by atoms with Crippen molar-refractivity contribution in [2.75, 3.05) is 44.6 Å². The van der Waals surface area contributed by atoms with Crippen LogP contribution in [0.4, 0.5) is 5.95 Å². The molecule has 5 aliphatic rings. The molecule has 5 fully saturated rings. The van der Waals surface area contributed by atoms with Gasteiger partial charge in [0.25, 0.3) is 5.56 Å². The lowest BCUT2D eigenvalue weighted by molar-refractivity contribution is -0.135. The number of aryl methyl sites for hydroxylation is 1. The predicted octanol–water partition coefficient (Wildman–Crippen LogP) is 3.34. The first-order chi connectivity index (χ1) is 27.2. The predicted molar refractivity (Wildman–Crippen MR) is 214 cm³/mol. The van der Waals surface area contributed by atoms with E-state index in [4.69, 9.17) is 4.98 Å².